The number of unbranched alkanes of at least 4 members (excludes halogenated alkanes) is 18. The zero-order valence-electron chi connectivity index (χ0n) is 61.5. The Bertz CT molecular complexity index is 3600. The number of nitrogens with zero attached hydrogens (tertiary/aromatic N) is 1. The lowest BCUT2D eigenvalue weighted by atomic mass is 9.70. The number of anilines is 3. The van der Waals surface area contributed by atoms with Gasteiger partial charge in [0, 0.05) is 33.3 Å². The quantitative estimate of drug-likeness (QED) is 0.0354. The molecule has 0 unspecified atom stereocenters. The van der Waals surface area contributed by atoms with Gasteiger partial charge >= 0.3 is 0 Å². The van der Waals surface area contributed by atoms with Crippen LogP contribution >= 0.6 is 0 Å². The highest BCUT2D eigenvalue weighted by Crippen LogP contribution is 2.59. The van der Waals surface area contributed by atoms with E-state index in [0.717, 1.165) is 17.1 Å². The standard InChI is InChI=1S/C96H117N/c1-10-16-22-28-58-94(59-29-23-17-11-2)88-64-70(7)34-52-82(88)85-55-43-76(67-91(85)94)73-37-46-79(47-38-73)97(80-48-39-74(40-49-80)77-44-56-86-83-53-35-71(8)65-89(83)95(92(86)68-77,60-30-24-18-12-3)61-31-25-19-13-4)81-50-41-75(42-51-81)78-45-57-87-84-54-36-72(9)66-90(84)96(93(87)69-78,62-32-26-20-14-5)63-33-27-21-15-6/h34-57,64-69H,10-33,58-63H2,1-9H3. The molecular formula is C96H117N. The highest BCUT2D eigenvalue weighted by atomic mass is 15.1. The van der Waals surface area contributed by atoms with E-state index in [4.69, 9.17) is 0 Å². The van der Waals surface area contributed by atoms with E-state index < -0.39 is 0 Å². The second-order valence-corrected chi connectivity index (χ2v) is 30.5. The van der Waals surface area contributed by atoms with Gasteiger partial charge in [0.15, 0.2) is 0 Å². The molecule has 506 valence electrons. The van der Waals surface area contributed by atoms with Gasteiger partial charge in [-0.2, -0.15) is 0 Å². The van der Waals surface area contributed by atoms with Gasteiger partial charge in [-0.25, -0.2) is 0 Å². The van der Waals surface area contributed by atoms with Crippen molar-refractivity contribution < 1.29 is 0 Å². The average molecular weight is 1280 g/mol. The largest absolute Gasteiger partial charge is 0.311 e. The molecule has 0 bridgehead atoms. The molecule has 0 heterocycles. The van der Waals surface area contributed by atoms with Gasteiger partial charge < -0.3 is 4.90 Å². The van der Waals surface area contributed by atoms with Gasteiger partial charge in [-0.15, -0.1) is 0 Å². The van der Waals surface area contributed by atoms with Gasteiger partial charge in [0.2, 0.25) is 0 Å². The third kappa shape index (κ3) is 14.5. The molecule has 1 heteroatoms. The summed E-state index contributed by atoms with van der Waals surface area (Å²) in [4.78, 5) is 2.51. The lowest BCUT2D eigenvalue weighted by Crippen LogP contribution is -2.25. The molecule has 9 aromatic rings. The summed E-state index contributed by atoms with van der Waals surface area (Å²) in [6.07, 6.45) is 38.2. The van der Waals surface area contributed by atoms with Crippen molar-refractivity contribution in [3.8, 4) is 66.8 Å². The van der Waals surface area contributed by atoms with Crippen LogP contribution < -0.4 is 4.90 Å². The maximum absolute atomic E-state index is 2.62. The summed E-state index contributed by atoms with van der Waals surface area (Å²) in [6, 6.07) is 73.4. The lowest BCUT2D eigenvalue weighted by molar-refractivity contribution is 0.401. The molecule has 3 aliphatic rings. The molecule has 0 atom stereocenters. The average Bonchev–Trinajstić information content (AvgIpc) is 1.59. The third-order valence-electron chi connectivity index (χ3n) is 23.7. The number of fused-ring (bicyclic) bond motifs is 9. The molecule has 0 spiro atoms. The Morgan fingerprint density at radius 1 is 0.206 bits per heavy atom. The van der Waals surface area contributed by atoms with Crippen LogP contribution in [-0.4, -0.2) is 0 Å². The first-order chi connectivity index (χ1) is 47.5. The fourth-order valence-corrected chi connectivity index (χ4v) is 18.3. The summed E-state index contributed by atoms with van der Waals surface area (Å²) in [5.41, 5.74) is 33.7. The number of hydrogen-bond acceptors (Lipinski definition) is 1. The van der Waals surface area contributed by atoms with Gasteiger partial charge in [-0.3, -0.25) is 0 Å². The minimum Gasteiger partial charge on any atom is -0.311 e. The maximum Gasteiger partial charge on any atom is 0.0462 e. The Hall–Kier alpha value is -7.22. The highest BCUT2D eigenvalue weighted by molar-refractivity contribution is 5.89. The molecular weight excluding hydrogens is 1170 g/mol. The van der Waals surface area contributed by atoms with Crippen LogP contribution in [0.5, 0.6) is 0 Å². The Labute approximate surface area is 588 Å². The smallest absolute Gasteiger partial charge is 0.0462 e. The molecule has 0 saturated heterocycles. The Morgan fingerprint density at radius 3 is 0.619 bits per heavy atom. The summed E-state index contributed by atoms with van der Waals surface area (Å²) in [5, 5.41) is 0. The van der Waals surface area contributed by atoms with Crippen LogP contribution in [0.25, 0.3) is 66.8 Å². The van der Waals surface area contributed by atoms with Crippen molar-refractivity contribution in [2.75, 3.05) is 4.90 Å². The second-order valence-electron chi connectivity index (χ2n) is 30.5. The molecule has 0 fully saturated rings. The van der Waals surface area contributed by atoms with E-state index in [1.165, 1.54) is 276 Å². The molecule has 1 nitrogen and oxygen atoms in total. The fourth-order valence-electron chi connectivity index (χ4n) is 18.3. The van der Waals surface area contributed by atoms with Crippen molar-refractivity contribution in [3.63, 3.8) is 0 Å². The summed E-state index contributed by atoms with van der Waals surface area (Å²) in [7, 11) is 0. The van der Waals surface area contributed by atoms with E-state index in [-0.39, 0.29) is 16.2 Å². The van der Waals surface area contributed by atoms with Crippen molar-refractivity contribution in [1.82, 2.24) is 0 Å². The van der Waals surface area contributed by atoms with Gasteiger partial charge in [0.25, 0.3) is 0 Å². The first kappa shape index (κ1) is 69.7. The first-order valence-electron chi connectivity index (χ1n) is 39.4. The van der Waals surface area contributed by atoms with E-state index in [1.54, 1.807) is 33.4 Å². The van der Waals surface area contributed by atoms with E-state index >= 15 is 0 Å². The van der Waals surface area contributed by atoms with E-state index in [9.17, 15) is 0 Å². The molecule has 9 aromatic carbocycles. The molecule has 3 aliphatic carbocycles. The van der Waals surface area contributed by atoms with Crippen LogP contribution in [0.15, 0.2) is 182 Å². The van der Waals surface area contributed by atoms with Crippen LogP contribution in [0, 0.1) is 20.8 Å². The van der Waals surface area contributed by atoms with Gasteiger partial charge in [0.05, 0.1) is 0 Å². The van der Waals surface area contributed by atoms with Crippen molar-refractivity contribution in [2.24, 2.45) is 0 Å². The van der Waals surface area contributed by atoms with E-state index in [1.807, 2.05) is 0 Å². The zero-order chi connectivity index (χ0) is 67.4. The molecule has 0 radical (unpaired) electrons. The van der Waals surface area contributed by atoms with E-state index in [0.29, 0.717) is 0 Å². The Morgan fingerprint density at radius 2 is 0.402 bits per heavy atom. The maximum atomic E-state index is 2.62. The molecule has 0 amide bonds. The van der Waals surface area contributed by atoms with Crippen molar-refractivity contribution in [1.29, 1.82) is 0 Å². The van der Waals surface area contributed by atoms with Crippen LogP contribution in [0.3, 0.4) is 0 Å². The molecule has 12 rings (SSSR count). The van der Waals surface area contributed by atoms with Gasteiger partial charge in [-0.1, -0.05) is 340 Å². The summed E-state index contributed by atoms with van der Waals surface area (Å²) in [6.45, 7) is 21.0. The molecule has 0 saturated carbocycles. The van der Waals surface area contributed by atoms with Crippen molar-refractivity contribution in [2.45, 2.75) is 271 Å². The molecule has 97 heavy (non-hydrogen) atoms. The number of rotatable bonds is 36. The van der Waals surface area contributed by atoms with Crippen LogP contribution in [0.4, 0.5) is 17.1 Å². The Kier molecular flexibility index (Phi) is 23.1. The summed E-state index contributed by atoms with van der Waals surface area (Å²) in [5.74, 6) is 0. The topological polar surface area (TPSA) is 3.24 Å². The third-order valence-corrected chi connectivity index (χ3v) is 23.7. The fraction of sp³-hybridized carbons (Fsp3) is 0.438. The highest BCUT2D eigenvalue weighted by Gasteiger charge is 2.45. The SMILES string of the molecule is CCCCCCC1(CCCCCC)c2cc(C)ccc2-c2ccc(-c3ccc(N(c4ccc(-c5ccc6c(c5)C(CCCCCC)(CCCCCC)c5cc(C)ccc5-6)cc4)c4ccc(-c5ccc6c(c5)C(CCCCCC)(CCCCCC)c5cc(C)ccc5-6)cc4)cc3)cc21. The summed E-state index contributed by atoms with van der Waals surface area (Å²) < 4.78 is 0. The monoisotopic (exact) mass is 1280 g/mol. The van der Waals surface area contributed by atoms with Gasteiger partial charge in [-0.05, 0) is 214 Å². The minimum absolute atomic E-state index is 0.0360. The number of aryl methyl sites for hydroxylation is 3. The first-order valence-corrected chi connectivity index (χ1v) is 39.4. The minimum atomic E-state index is 0.0360. The number of hydrogen-bond donors (Lipinski definition) is 0. The van der Waals surface area contributed by atoms with Crippen molar-refractivity contribution >= 4 is 17.1 Å². The predicted octanol–water partition coefficient (Wildman–Crippen LogP) is 29.7. The zero-order valence-corrected chi connectivity index (χ0v) is 61.5. The Balaban J connectivity index is 0.925. The normalized spacial score (nSPS) is 14.1. The molecule has 0 aromatic heterocycles. The summed E-state index contributed by atoms with van der Waals surface area (Å²) >= 11 is 0. The predicted molar refractivity (Wildman–Crippen MR) is 423 cm³/mol. The van der Waals surface area contributed by atoms with Crippen LogP contribution in [0.1, 0.15) is 284 Å². The molecule has 0 aliphatic heterocycles. The molecule has 0 N–H and O–H groups in total. The van der Waals surface area contributed by atoms with Crippen LogP contribution in [0.2, 0.25) is 0 Å². The lowest BCUT2D eigenvalue weighted by Gasteiger charge is -2.33. The van der Waals surface area contributed by atoms with E-state index in [2.05, 4.69) is 249 Å². The number of benzene rings is 9. The van der Waals surface area contributed by atoms with Crippen molar-refractivity contribution in [3.05, 3.63) is 232 Å². The second kappa shape index (κ2) is 32.2. The van der Waals surface area contributed by atoms with Crippen LogP contribution in [-0.2, 0) is 16.2 Å². The van der Waals surface area contributed by atoms with Gasteiger partial charge in [0.1, 0.15) is 0 Å².